The van der Waals surface area contributed by atoms with Crippen molar-refractivity contribution in [2.24, 2.45) is 0 Å². The molecule has 1 atom stereocenters. The molecular weight excluding hydrogens is 378 g/mol. The van der Waals surface area contributed by atoms with E-state index < -0.39 is 0 Å². The van der Waals surface area contributed by atoms with Crippen molar-refractivity contribution in [2.75, 3.05) is 13.2 Å². The van der Waals surface area contributed by atoms with Crippen LogP contribution in [0.4, 0.5) is 0 Å². The van der Waals surface area contributed by atoms with Crippen LogP contribution in [0.25, 0.3) is 10.7 Å². The zero-order valence-corrected chi connectivity index (χ0v) is 16.8. The summed E-state index contributed by atoms with van der Waals surface area (Å²) >= 11 is 3.09. The van der Waals surface area contributed by atoms with Crippen molar-refractivity contribution in [2.45, 2.75) is 32.4 Å². The van der Waals surface area contributed by atoms with E-state index in [9.17, 15) is 4.79 Å². The van der Waals surface area contributed by atoms with E-state index in [1.165, 1.54) is 16.2 Å². The molecule has 0 saturated carbocycles. The lowest BCUT2D eigenvalue weighted by atomic mass is 10.2. The van der Waals surface area contributed by atoms with Crippen molar-refractivity contribution in [1.82, 2.24) is 14.9 Å². The molecule has 1 aliphatic rings. The minimum absolute atomic E-state index is 0.0241. The SMILES string of the molecule is Cc1nc(-c2ccccn2)sc1C(=O)N(Cc1cccs1)CC1CCCO1. The quantitative estimate of drug-likeness (QED) is 0.617. The summed E-state index contributed by atoms with van der Waals surface area (Å²) in [6.07, 6.45) is 3.94. The number of amides is 1. The standard InChI is InChI=1S/C20H21N3O2S2/c1-14-18(27-19(22-14)17-8-2-3-9-21-17)20(24)23(12-15-6-4-10-25-15)13-16-7-5-11-26-16/h2-3,5,7-9,11,15H,4,6,10,12-13H2,1H3. The van der Waals surface area contributed by atoms with Crippen molar-refractivity contribution >= 4 is 28.6 Å². The molecule has 5 nitrogen and oxygen atoms in total. The number of nitrogens with zero attached hydrogens (tertiary/aromatic N) is 3. The Balaban J connectivity index is 1.59. The predicted molar refractivity (Wildman–Crippen MR) is 108 cm³/mol. The van der Waals surface area contributed by atoms with Crippen LogP contribution in [0.1, 0.15) is 33.1 Å². The first-order valence-electron chi connectivity index (χ1n) is 9.03. The van der Waals surface area contributed by atoms with Gasteiger partial charge < -0.3 is 9.64 Å². The fraction of sp³-hybridized carbons (Fsp3) is 0.350. The second-order valence-electron chi connectivity index (χ2n) is 6.55. The Morgan fingerprint density at radius 2 is 2.26 bits per heavy atom. The Hall–Kier alpha value is -2.09. The number of aromatic nitrogens is 2. The van der Waals surface area contributed by atoms with Crippen molar-refractivity contribution < 1.29 is 9.53 Å². The van der Waals surface area contributed by atoms with Crippen LogP contribution in [0.2, 0.25) is 0 Å². The summed E-state index contributed by atoms with van der Waals surface area (Å²) in [5.74, 6) is 0.0241. The highest BCUT2D eigenvalue weighted by atomic mass is 32.1. The molecule has 4 heterocycles. The fourth-order valence-corrected chi connectivity index (χ4v) is 4.91. The molecule has 1 aliphatic heterocycles. The maximum Gasteiger partial charge on any atom is 0.266 e. The summed E-state index contributed by atoms with van der Waals surface area (Å²) < 4.78 is 5.78. The highest BCUT2D eigenvalue weighted by molar-refractivity contribution is 7.17. The van der Waals surface area contributed by atoms with Crippen LogP contribution >= 0.6 is 22.7 Å². The third-order valence-electron chi connectivity index (χ3n) is 4.54. The Morgan fingerprint density at radius 3 is 2.96 bits per heavy atom. The van der Waals surface area contributed by atoms with E-state index in [-0.39, 0.29) is 12.0 Å². The van der Waals surface area contributed by atoms with Crippen molar-refractivity contribution in [1.29, 1.82) is 0 Å². The molecule has 3 aromatic heterocycles. The Morgan fingerprint density at radius 1 is 1.33 bits per heavy atom. The second-order valence-corrected chi connectivity index (χ2v) is 8.58. The summed E-state index contributed by atoms with van der Waals surface area (Å²) in [5.41, 5.74) is 1.56. The molecule has 4 rings (SSSR count). The van der Waals surface area contributed by atoms with Crippen LogP contribution in [-0.4, -0.2) is 40.0 Å². The number of carbonyl (C=O) groups excluding carboxylic acids is 1. The number of thiazole rings is 1. The van der Waals surface area contributed by atoms with E-state index in [0.717, 1.165) is 35.8 Å². The van der Waals surface area contributed by atoms with Gasteiger partial charge in [0.1, 0.15) is 9.88 Å². The highest BCUT2D eigenvalue weighted by Gasteiger charge is 2.27. The van der Waals surface area contributed by atoms with Gasteiger partial charge in [0.25, 0.3) is 5.91 Å². The second kappa shape index (κ2) is 8.29. The molecular formula is C20H21N3O2S2. The molecule has 0 N–H and O–H groups in total. The van der Waals surface area contributed by atoms with Crippen LogP contribution in [0, 0.1) is 6.92 Å². The molecule has 27 heavy (non-hydrogen) atoms. The zero-order valence-electron chi connectivity index (χ0n) is 15.1. The Kier molecular flexibility index (Phi) is 5.61. The number of ether oxygens (including phenoxy) is 1. The van der Waals surface area contributed by atoms with Crippen LogP contribution in [0.3, 0.4) is 0 Å². The van der Waals surface area contributed by atoms with Crippen LogP contribution in [0.5, 0.6) is 0 Å². The van der Waals surface area contributed by atoms with Gasteiger partial charge in [0, 0.05) is 24.2 Å². The van der Waals surface area contributed by atoms with E-state index in [2.05, 4.69) is 16.0 Å². The van der Waals surface area contributed by atoms with Gasteiger partial charge >= 0.3 is 0 Å². The third kappa shape index (κ3) is 4.26. The van der Waals surface area contributed by atoms with Gasteiger partial charge in [0.05, 0.1) is 24.0 Å². The van der Waals surface area contributed by atoms with Gasteiger partial charge in [-0.2, -0.15) is 0 Å². The summed E-state index contributed by atoms with van der Waals surface area (Å²) in [6, 6.07) is 9.81. The van der Waals surface area contributed by atoms with Gasteiger partial charge in [-0.25, -0.2) is 4.98 Å². The molecule has 0 spiro atoms. The summed E-state index contributed by atoms with van der Waals surface area (Å²) in [6.45, 7) is 3.90. The number of aryl methyl sites for hydroxylation is 1. The Bertz CT molecular complexity index is 887. The largest absolute Gasteiger partial charge is 0.376 e. The maximum atomic E-state index is 13.3. The van der Waals surface area contributed by atoms with Crippen molar-refractivity contribution in [3.8, 4) is 10.7 Å². The molecule has 1 amide bonds. The van der Waals surface area contributed by atoms with E-state index in [0.29, 0.717) is 18.0 Å². The average Bonchev–Trinajstić information content (AvgIpc) is 3.44. The first-order valence-corrected chi connectivity index (χ1v) is 10.7. The van der Waals surface area contributed by atoms with Crippen LogP contribution in [0.15, 0.2) is 41.9 Å². The monoisotopic (exact) mass is 399 g/mol. The van der Waals surface area contributed by atoms with Gasteiger partial charge in [-0.05, 0) is 43.3 Å². The lowest BCUT2D eigenvalue weighted by Gasteiger charge is -2.24. The first kappa shape index (κ1) is 18.3. The third-order valence-corrected chi connectivity index (χ3v) is 6.57. The van der Waals surface area contributed by atoms with E-state index in [4.69, 9.17) is 4.74 Å². The normalized spacial score (nSPS) is 16.6. The molecule has 0 bridgehead atoms. The number of carbonyl (C=O) groups is 1. The summed E-state index contributed by atoms with van der Waals surface area (Å²) in [7, 11) is 0. The van der Waals surface area contributed by atoms with E-state index >= 15 is 0 Å². The van der Waals surface area contributed by atoms with Gasteiger partial charge in [-0.1, -0.05) is 12.1 Å². The Labute approximate surface area is 166 Å². The zero-order chi connectivity index (χ0) is 18.6. The molecule has 0 aliphatic carbocycles. The fourth-order valence-electron chi connectivity index (χ4n) is 3.18. The number of thiophene rings is 1. The minimum atomic E-state index is 0.0241. The smallest absolute Gasteiger partial charge is 0.266 e. The molecule has 1 fully saturated rings. The van der Waals surface area contributed by atoms with Gasteiger partial charge in [0.2, 0.25) is 0 Å². The molecule has 140 valence electrons. The number of pyridine rings is 1. The minimum Gasteiger partial charge on any atom is -0.376 e. The topological polar surface area (TPSA) is 55.3 Å². The predicted octanol–water partition coefficient (Wildman–Crippen LogP) is 4.40. The number of rotatable bonds is 6. The summed E-state index contributed by atoms with van der Waals surface area (Å²) in [4.78, 5) is 26.1. The first-order chi connectivity index (χ1) is 13.2. The average molecular weight is 400 g/mol. The van der Waals surface area contributed by atoms with E-state index in [1.54, 1.807) is 17.5 Å². The number of hydrogen-bond acceptors (Lipinski definition) is 6. The lowest BCUT2D eigenvalue weighted by molar-refractivity contribution is 0.0512. The highest BCUT2D eigenvalue weighted by Crippen LogP contribution is 2.28. The van der Waals surface area contributed by atoms with Crippen molar-refractivity contribution in [3.63, 3.8) is 0 Å². The van der Waals surface area contributed by atoms with E-state index in [1.807, 2.05) is 41.5 Å². The molecule has 1 unspecified atom stereocenters. The molecule has 3 aromatic rings. The van der Waals surface area contributed by atoms with Gasteiger partial charge in [-0.15, -0.1) is 22.7 Å². The molecule has 7 heteroatoms. The summed E-state index contributed by atoms with van der Waals surface area (Å²) in [5, 5.41) is 2.82. The molecule has 1 saturated heterocycles. The van der Waals surface area contributed by atoms with Gasteiger partial charge in [0.15, 0.2) is 0 Å². The maximum absolute atomic E-state index is 13.3. The van der Waals surface area contributed by atoms with Crippen LogP contribution in [-0.2, 0) is 11.3 Å². The molecule has 0 radical (unpaired) electrons. The lowest BCUT2D eigenvalue weighted by Crippen LogP contribution is -2.36. The molecule has 0 aromatic carbocycles. The number of hydrogen-bond donors (Lipinski definition) is 0. The van der Waals surface area contributed by atoms with Gasteiger partial charge in [-0.3, -0.25) is 9.78 Å². The van der Waals surface area contributed by atoms with Crippen molar-refractivity contribution in [3.05, 3.63) is 57.4 Å². The van der Waals surface area contributed by atoms with Crippen LogP contribution < -0.4 is 0 Å².